The van der Waals surface area contributed by atoms with E-state index in [9.17, 15) is 9.90 Å². The van der Waals surface area contributed by atoms with Crippen LogP contribution in [0.3, 0.4) is 0 Å². The molecule has 0 amide bonds. The minimum Gasteiger partial charge on any atom is -0.507 e. The lowest BCUT2D eigenvalue weighted by molar-refractivity contribution is -0.141. The van der Waals surface area contributed by atoms with Crippen LogP contribution in [0.4, 0.5) is 0 Å². The van der Waals surface area contributed by atoms with Crippen molar-refractivity contribution in [3.05, 3.63) is 47.9 Å². The lowest BCUT2D eigenvalue weighted by atomic mass is 10.0. The number of rotatable bonds is 6. The summed E-state index contributed by atoms with van der Waals surface area (Å²) in [5, 5.41) is 19.3. The van der Waals surface area contributed by atoms with Crippen molar-refractivity contribution in [3.63, 3.8) is 0 Å². The standard InChI is InChI=1S/C19H19Br2IO4/c1-9(2)13-7-12(8-16(22)17(13)23)26-18-14(20)5-11(6-15(18)21)4-10(3)19(24)25/h5-10,23H,4H2,1-3H3,(H,24,25). The fraction of sp³-hybridized carbons (Fsp3) is 0.316. The monoisotopic (exact) mass is 596 g/mol. The molecule has 0 saturated carbocycles. The molecule has 0 aliphatic heterocycles. The van der Waals surface area contributed by atoms with E-state index >= 15 is 0 Å². The molecule has 0 aliphatic rings. The molecule has 0 aliphatic carbocycles. The van der Waals surface area contributed by atoms with E-state index in [1.165, 1.54) is 0 Å². The second-order valence-electron chi connectivity index (χ2n) is 6.43. The van der Waals surface area contributed by atoms with Gasteiger partial charge in [-0.25, -0.2) is 0 Å². The first-order valence-electron chi connectivity index (χ1n) is 8.01. The van der Waals surface area contributed by atoms with Gasteiger partial charge in [0.05, 0.1) is 18.4 Å². The Bertz CT molecular complexity index is 814. The van der Waals surface area contributed by atoms with Crippen LogP contribution in [0.25, 0.3) is 0 Å². The molecular weight excluding hydrogens is 579 g/mol. The van der Waals surface area contributed by atoms with Crippen LogP contribution in [0.1, 0.15) is 37.8 Å². The Hall–Kier alpha value is -0.800. The van der Waals surface area contributed by atoms with E-state index in [2.05, 4.69) is 54.5 Å². The van der Waals surface area contributed by atoms with Crippen LogP contribution >= 0.6 is 54.5 Å². The van der Waals surface area contributed by atoms with E-state index in [-0.39, 0.29) is 11.7 Å². The van der Waals surface area contributed by atoms with Crippen LogP contribution in [-0.4, -0.2) is 16.2 Å². The summed E-state index contributed by atoms with van der Waals surface area (Å²) in [5.74, 6) is 0.394. The van der Waals surface area contributed by atoms with Crippen molar-refractivity contribution in [2.45, 2.75) is 33.1 Å². The summed E-state index contributed by atoms with van der Waals surface area (Å²) in [6.45, 7) is 5.71. The molecule has 1 atom stereocenters. The SMILES string of the molecule is CC(Cc1cc(Br)c(Oc2cc(I)c(O)c(C(C)C)c2)c(Br)c1)C(=O)O. The Morgan fingerprint density at radius 3 is 2.23 bits per heavy atom. The van der Waals surface area contributed by atoms with Gasteiger partial charge in [-0.15, -0.1) is 0 Å². The average Bonchev–Trinajstić information content (AvgIpc) is 2.53. The highest BCUT2D eigenvalue weighted by atomic mass is 127. The number of carboxylic acids is 1. The molecule has 2 aromatic carbocycles. The van der Waals surface area contributed by atoms with Gasteiger partial charge >= 0.3 is 5.97 Å². The van der Waals surface area contributed by atoms with Gasteiger partial charge in [0.25, 0.3) is 0 Å². The topological polar surface area (TPSA) is 66.8 Å². The van der Waals surface area contributed by atoms with Crippen molar-refractivity contribution in [1.29, 1.82) is 0 Å². The van der Waals surface area contributed by atoms with Crippen molar-refractivity contribution in [2.75, 3.05) is 0 Å². The van der Waals surface area contributed by atoms with Crippen LogP contribution in [0.5, 0.6) is 17.2 Å². The molecule has 140 valence electrons. The third kappa shape index (κ3) is 5.13. The van der Waals surface area contributed by atoms with Crippen molar-refractivity contribution in [1.82, 2.24) is 0 Å². The molecule has 0 radical (unpaired) electrons. The number of carboxylic acid groups (broad SMARTS) is 1. The first-order chi connectivity index (χ1) is 12.1. The highest BCUT2D eigenvalue weighted by Gasteiger charge is 2.17. The van der Waals surface area contributed by atoms with Gasteiger partial charge in [-0.3, -0.25) is 4.79 Å². The fourth-order valence-corrected chi connectivity index (χ4v) is 4.54. The van der Waals surface area contributed by atoms with Gasteiger partial charge in [-0.05, 0) is 96.6 Å². The van der Waals surface area contributed by atoms with Gasteiger partial charge < -0.3 is 14.9 Å². The summed E-state index contributed by atoms with van der Waals surface area (Å²) in [6, 6.07) is 7.35. The maximum atomic E-state index is 11.1. The zero-order chi connectivity index (χ0) is 19.6. The molecule has 2 rings (SSSR count). The van der Waals surface area contributed by atoms with Crippen LogP contribution < -0.4 is 4.74 Å². The molecule has 4 nitrogen and oxygen atoms in total. The van der Waals surface area contributed by atoms with Gasteiger partial charge in [-0.2, -0.15) is 0 Å². The highest BCUT2D eigenvalue weighted by molar-refractivity contribution is 14.1. The van der Waals surface area contributed by atoms with Crippen molar-refractivity contribution < 1.29 is 19.7 Å². The number of phenols is 1. The smallest absolute Gasteiger partial charge is 0.306 e. The van der Waals surface area contributed by atoms with Crippen LogP contribution in [0.2, 0.25) is 0 Å². The second-order valence-corrected chi connectivity index (χ2v) is 9.30. The number of hydrogen-bond acceptors (Lipinski definition) is 3. The zero-order valence-corrected chi connectivity index (χ0v) is 19.8. The molecule has 7 heteroatoms. The molecule has 0 aromatic heterocycles. The summed E-state index contributed by atoms with van der Waals surface area (Å²) in [6.07, 6.45) is 0.432. The summed E-state index contributed by atoms with van der Waals surface area (Å²) in [5.41, 5.74) is 1.72. The van der Waals surface area contributed by atoms with Crippen molar-refractivity contribution >= 4 is 60.4 Å². The van der Waals surface area contributed by atoms with Gasteiger partial charge in [0.15, 0.2) is 5.75 Å². The molecule has 0 fully saturated rings. The summed E-state index contributed by atoms with van der Waals surface area (Å²) < 4.78 is 8.23. The third-order valence-electron chi connectivity index (χ3n) is 3.93. The number of aromatic hydroxyl groups is 1. The lowest BCUT2D eigenvalue weighted by Crippen LogP contribution is -2.12. The second kappa shape index (κ2) is 8.93. The molecule has 2 aromatic rings. The van der Waals surface area contributed by atoms with E-state index in [1.54, 1.807) is 13.0 Å². The minimum atomic E-state index is -0.822. The molecule has 1 unspecified atom stereocenters. The van der Waals surface area contributed by atoms with E-state index in [0.717, 1.165) is 23.6 Å². The van der Waals surface area contributed by atoms with Crippen molar-refractivity contribution in [3.8, 4) is 17.2 Å². The van der Waals surface area contributed by atoms with Gasteiger partial charge in [0.1, 0.15) is 11.5 Å². The Morgan fingerprint density at radius 1 is 1.15 bits per heavy atom. The molecular formula is C19H19Br2IO4. The number of halogens is 3. The molecule has 0 spiro atoms. The first kappa shape index (κ1) is 21.5. The van der Waals surface area contributed by atoms with Gasteiger partial charge in [0.2, 0.25) is 0 Å². The number of phenolic OH excluding ortho intramolecular Hbond substituents is 1. The number of carbonyl (C=O) groups is 1. The van der Waals surface area contributed by atoms with E-state index in [4.69, 9.17) is 9.84 Å². The van der Waals surface area contributed by atoms with E-state index in [0.29, 0.717) is 17.9 Å². The maximum absolute atomic E-state index is 11.1. The quantitative estimate of drug-likeness (QED) is 0.364. The molecule has 0 bridgehead atoms. The van der Waals surface area contributed by atoms with E-state index in [1.807, 2.05) is 32.0 Å². The number of ether oxygens (including phenoxy) is 1. The van der Waals surface area contributed by atoms with Crippen LogP contribution in [0.15, 0.2) is 33.2 Å². The van der Waals surface area contributed by atoms with Gasteiger partial charge in [-0.1, -0.05) is 20.8 Å². The summed E-state index contributed by atoms with van der Waals surface area (Å²) in [4.78, 5) is 11.1. The zero-order valence-electron chi connectivity index (χ0n) is 14.5. The minimum absolute atomic E-state index is 0.166. The largest absolute Gasteiger partial charge is 0.507 e. The Labute approximate surface area is 183 Å². The van der Waals surface area contributed by atoms with Crippen LogP contribution in [-0.2, 0) is 11.2 Å². The average molecular weight is 598 g/mol. The predicted octanol–water partition coefficient (Wildman–Crippen LogP) is 6.70. The normalized spacial score (nSPS) is 12.3. The predicted molar refractivity (Wildman–Crippen MR) is 117 cm³/mol. The molecule has 26 heavy (non-hydrogen) atoms. The Morgan fingerprint density at radius 2 is 1.73 bits per heavy atom. The molecule has 0 heterocycles. The third-order valence-corrected chi connectivity index (χ3v) is 5.93. The highest BCUT2D eigenvalue weighted by Crippen LogP contribution is 2.41. The summed E-state index contributed by atoms with van der Waals surface area (Å²) >= 11 is 9.10. The number of aliphatic carboxylic acids is 1. The van der Waals surface area contributed by atoms with Gasteiger partial charge in [0, 0.05) is 5.56 Å². The summed E-state index contributed by atoms with van der Waals surface area (Å²) in [7, 11) is 0. The Kier molecular flexibility index (Phi) is 7.38. The molecule has 2 N–H and O–H groups in total. The maximum Gasteiger partial charge on any atom is 0.306 e. The van der Waals surface area contributed by atoms with E-state index < -0.39 is 11.9 Å². The van der Waals surface area contributed by atoms with Crippen molar-refractivity contribution in [2.24, 2.45) is 5.92 Å². The lowest BCUT2D eigenvalue weighted by Gasteiger charge is -2.16. The first-order valence-corrected chi connectivity index (χ1v) is 10.7. The van der Waals surface area contributed by atoms with Crippen LogP contribution in [0, 0.1) is 9.49 Å². The fourth-order valence-electron chi connectivity index (χ4n) is 2.48. The molecule has 0 saturated heterocycles. The number of hydrogen-bond donors (Lipinski definition) is 2. The Balaban J connectivity index is 2.35. The number of benzene rings is 2.